The summed E-state index contributed by atoms with van der Waals surface area (Å²) in [6.07, 6.45) is 21.5. The maximum atomic E-state index is 11.0. The highest BCUT2D eigenvalue weighted by molar-refractivity contribution is 5.73. The van der Waals surface area contributed by atoms with Crippen LogP contribution in [0.15, 0.2) is 12.2 Å². The molecule has 25 heavy (non-hydrogen) atoms. The molecule has 1 atom stereocenters. The SMILES string of the molecule is CCCCCCCC/C=C\CCCCCCCCOC(=O)C(C)O.N. The third-order valence-corrected chi connectivity index (χ3v) is 4.24. The molecule has 4 heteroatoms. The number of unbranched alkanes of at least 4 members (excludes halogenated alkanes) is 12. The van der Waals surface area contributed by atoms with Crippen molar-refractivity contribution in [1.82, 2.24) is 6.15 Å². The number of rotatable bonds is 17. The fourth-order valence-corrected chi connectivity index (χ4v) is 2.64. The van der Waals surface area contributed by atoms with Crippen LogP contribution in [0.3, 0.4) is 0 Å². The Morgan fingerprint density at radius 3 is 1.76 bits per heavy atom. The van der Waals surface area contributed by atoms with Crippen LogP contribution in [0.5, 0.6) is 0 Å². The Morgan fingerprint density at radius 1 is 0.840 bits per heavy atom. The van der Waals surface area contributed by atoms with Crippen LogP contribution in [0.4, 0.5) is 0 Å². The summed E-state index contributed by atoms with van der Waals surface area (Å²) in [5.41, 5.74) is 0. The Balaban J connectivity index is 0. The molecule has 0 aromatic heterocycles. The molecule has 4 nitrogen and oxygen atoms in total. The molecule has 4 N–H and O–H groups in total. The largest absolute Gasteiger partial charge is 0.464 e. The zero-order valence-corrected chi connectivity index (χ0v) is 16.8. The quantitative estimate of drug-likeness (QED) is 0.187. The van der Waals surface area contributed by atoms with Crippen molar-refractivity contribution in [2.24, 2.45) is 0 Å². The van der Waals surface area contributed by atoms with Crippen LogP contribution in [0.25, 0.3) is 0 Å². The average molecular weight is 358 g/mol. The van der Waals surface area contributed by atoms with Crippen molar-refractivity contribution < 1.29 is 14.6 Å². The molecule has 0 spiro atoms. The lowest BCUT2D eigenvalue weighted by molar-refractivity contribution is -0.152. The number of allylic oxidation sites excluding steroid dienone is 2. The Kier molecular flexibility index (Phi) is 22.3. The zero-order chi connectivity index (χ0) is 17.9. The number of esters is 1. The minimum atomic E-state index is -1.00. The van der Waals surface area contributed by atoms with Gasteiger partial charge in [-0.05, 0) is 39.0 Å². The van der Waals surface area contributed by atoms with Gasteiger partial charge in [-0.25, -0.2) is 4.79 Å². The number of carbonyl (C=O) groups is 1. The Bertz CT molecular complexity index is 304. The van der Waals surface area contributed by atoms with E-state index in [1.54, 1.807) is 0 Å². The molecule has 0 saturated carbocycles. The van der Waals surface area contributed by atoms with E-state index < -0.39 is 12.1 Å². The molecule has 1 unspecified atom stereocenters. The van der Waals surface area contributed by atoms with E-state index in [9.17, 15) is 4.79 Å². The molecular formula is C21H43NO3. The molecule has 0 heterocycles. The van der Waals surface area contributed by atoms with Gasteiger partial charge in [-0.3, -0.25) is 0 Å². The van der Waals surface area contributed by atoms with Crippen LogP contribution in [0.2, 0.25) is 0 Å². The van der Waals surface area contributed by atoms with E-state index in [-0.39, 0.29) is 6.15 Å². The molecule has 0 fully saturated rings. The minimum Gasteiger partial charge on any atom is -0.464 e. The monoisotopic (exact) mass is 357 g/mol. The van der Waals surface area contributed by atoms with Crippen molar-refractivity contribution in [2.75, 3.05) is 6.61 Å². The molecule has 0 aliphatic rings. The second-order valence-corrected chi connectivity index (χ2v) is 6.78. The van der Waals surface area contributed by atoms with E-state index >= 15 is 0 Å². The predicted molar refractivity (Wildman–Crippen MR) is 107 cm³/mol. The van der Waals surface area contributed by atoms with E-state index in [4.69, 9.17) is 9.84 Å². The molecule has 0 aliphatic carbocycles. The van der Waals surface area contributed by atoms with E-state index in [2.05, 4.69) is 19.1 Å². The van der Waals surface area contributed by atoms with Gasteiger partial charge in [0.2, 0.25) is 0 Å². The Labute approximate surface area is 156 Å². The number of aliphatic hydroxyl groups excluding tert-OH is 1. The highest BCUT2D eigenvalue weighted by atomic mass is 16.5. The van der Waals surface area contributed by atoms with Gasteiger partial charge in [-0.1, -0.05) is 76.9 Å². The summed E-state index contributed by atoms with van der Waals surface area (Å²) in [5, 5.41) is 8.98. The van der Waals surface area contributed by atoms with Gasteiger partial charge >= 0.3 is 5.97 Å². The van der Waals surface area contributed by atoms with Crippen LogP contribution >= 0.6 is 0 Å². The maximum Gasteiger partial charge on any atom is 0.334 e. The van der Waals surface area contributed by atoms with E-state index in [0.717, 1.165) is 12.8 Å². The fourth-order valence-electron chi connectivity index (χ4n) is 2.64. The first-order chi connectivity index (χ1) is 11.7. The third-order valence-electron chi connectivity index (χ3n) is 4.24. The van der Waals surface area contributed by atoms with Gasteiger partial charge in [0, 0.05) is 0 Å². The summed E-state index contributed by atoms with van der Waals surface area (Å²) >= 11 is 0. The average Bonchev–Trinajstić information content (AvgIpc) is 2.57. The molecule has 0 radical (unpaired) electrons. The van der Waals surface area contributed by atoms with Gasteiger partial charge in [0.05, 0.1) is 6.61 Å². The van der Waals surface area contributed by atoms with Crippen LogP contribution < -0.4 is 6.15 Å². The molecule has 0 rings (SSSR count). The summed E-state index contributed by atoms with van der Waals surface area (Å²) < 4.78 is 4.92. The number of ether oxygens (including phenoxy) is 1. The summed E-state index contributed by atoms with van der Waals surface area (Å²) in [4.78, 5) is 11.0. The third kappa shape index (κ3) is 21.1. The van der Waals surface area contributed by atoms with Gasteiger partial charge in [0.25, 0.3) is 0 Å². The number of hydrogen-bond acceptors (Lipinski definition) is 4. The second-order valence-electron chi connectivity index (χ2n) is 6.78. The summed E-state index contributed by atoms with van der Waals surface area (Å²) in [6, 6.07) is 0. The topological polar surface area (TPSA) is 81.5 Å². The van der Waals surface area contributed by atoms with Gasteiger partial charge < -0.3 is 16.0 Å². The lowest BCUT2D eigenvalue weighted by Crippen LogP contribution is -2.19. The van der Waals surface area contributed by atoms with Crippen molar-refractivity contribution in [2.45, 2.75) is 110 Å². The van der Waals surface area contributed by atoms with Crippen molar-refractivity contribution in [3.05, 3.63) is 12.2 Å². The van der Waals surface area contributed by atoms with Gasteiger partial charge in [0.15, 0.2) is 0 Å². The first-order valence-corrected chi connectivity index (χ1v) is 10.2. The maximum absolute atomic E-state index is 11.0. The van der Waals surface area contributed by atoms with Crippen molar-refractivity contribution in [1.29, 1.82) is 0 Å². The van der Waals surface area contributed by atoms with Crippen LogP contribution in [-0.4, -0.2) is 23.8 Å². The van der Waals surface area contributed by atoms with Gasteiger partial charge in [0.1, 0.15) is 6.10 Å². The zero-order valence-electron chi connectivity index (χ0n) is 16.8. The summed E-state index contributed by atoms with van der Waals surface area (Å²) in [6.45, 7) is 4.13. The number of hydrogen-bond donors (Lipinski definition) is 2. The smallest absolute Gasteiger partial charge is 0.334 e. The Morgan fingerprint density at radius 2 is 1.28 bits per heavy atom. The van der Waals surface area contributed by atoms with Crippen LogP contribution in [-0.2, 0) is 9.53 Å². The lowest BCUT2D eigenvalue weighted by atomic mass is 10.1. The summed E-state index contributed by atoms with van der Waals surface area (Å²) in [7, 11) is 0. The Hall–Kier alpha value is -0.870. The highest BCUT2D eigenvalue weighted by Gasteiger charge is 2.08. The van der Waals surface area contributed by atoms with E-state index in [1.807, 2.05) is 0 Å². The normalized spacial score (nSPS) is 12.1. The van der Waals surface area contributed by atoms with Crippen LogP contribution in [0.1, 0.15) is 104 Å². The molecular weight excluding hydrogens is 314 g/mol. The molecule has 0 aliphatic heterocycles. The van der Waals surface area contributed by atoms with Gasteiger partial charge in [-0.2, -0.15) is 0 Å². The predicted octanol–water partition coefficient (Wildman–Crippen LogP) is 6.11. The number of aliphatic hydroxyl groups is 1. The second kappa shape index (κ2) is 21.2. The standard InChI is InChI=1S/C21H40O3.H3N/c1-3-4-5-6-7-8-9-10-11-12-13-14-15-16-17-18-19-24-21(23)20(2)22;/h10-11,20,22H,3-9,12-19H2,1-2H3;1H3/b11-10-;. The lowest BCUT2D eigenvalue weighted by Gasteiger charge is -2.06. The van der Waals surface area contributed by atoms with Crippen LogP contribution in [0, 0.1) is 0 Å². The van der Waals surface area contributed by atoms with Crippen molar-refractivity contribution >= 4 is 5.97 Å². The van der Waals surface area contributed by atoms with E-state index in [1.165, 1.54) is 84.0 Å². The van der Waals surface area contributed by atoms with Crippen molar-refractivity contribution in [3.8, 4) is 0 Å². The highest BCUT2D eigenvalue weighted by Crippen LogP contribution is 2.10. The van der Waals surface area contributed by atoms with E-state index in [0.29, 0.717) is 6.61 Å². The molecule has 0 bridgehead atoms. The molecule has 0 amide bonds. The first kappa shape index (κ1) is 26.4. The molecule has 150 valence electrons. The van der Waals surface area contributed by atoms with Crippen molar-refractivity contribution in [3.63, 3.8) is 0 Å². The van der Waals surface area contributed by atoms with Gasteiger partial charge in [-0.15, -0.1) is 0 Å². The fraction of sp³-hybridized carbons (Fsp3) is 0.857. The molecule has 0 aromatic carbocycles. The summed E-state index contributed by atoms with van der Waals surface area (Å²) in [5.74, 6) is -0.511. The minimum absolute atomic E-state index is 0. The first-order valence-electron chi connectivity index (χ1n) is 10.2. The molecule has 0 aromatic rings. The molecule has 0 saturated heterocycles. The number of carbonyl (C=O) groups excluding carboxylic acids is 1.